The van der Waals surface area contributed by atoms with Gasteiger partial charge in [0.05, 0.1) is 5.41 Å². The monoisotopic (exact) mass is 588 g/mol. The van der Waals surface area contributed by atoms with E-state index in [0.29, 0.717) is 0 Å². The van der Waals surface area contributed by atoms with Gasteiger partial charge in [0.1, 0.15) is 11.5 Å². The van der Waals surface area contributed by atoms with Crippen LogP contribution >= 0.6 is 0 Å². The van der Waals surface area contributed by atoms with E-state index in [1.165, 1.54) is 66.8 Å². The van der Waals surface area contributed by atoms with Crippen LogP contribution in [0.5, 0.6) is 5.75 Å². The van der Waals surface area contributed by atoms with Gasteiger partial charge in [-0.2, -0.15) is 0 Å². The van der Waals surface area contributed by atoms with Crippen LogP contribution in [-0.4, -0.2) is 0 Å². The average molecular weight is 589 g/mol. The van der Waals surface area contributed by atoms with E-state index in [1.54, 1.807) is 0 Å². The first-order valence-electron chi connectivity index (χ1n) is 16.4. The fourth-order valence-electron chi connectivity index (χ4n) is 9.33. The second-order valence-electron chi connectivity index (χ2n) is 13.2. The maximum absolute atomic E-state index is 6.70. The number of rotatable bonds is 2. The lowest BCUT2D eigenvalue weighted by atomic mass is 9.62. The Labute approximate surface area is 270 Å². The molecule has 1 aliphatic heterocycles. The molecule has 4 aliphatic rings. The van der Waals surface area contributed by atoms with Crippen molar-refractivity contribution in [2.75, 3.05) is 0 Å². The largest absolute Gasteiger partial charge is 0.457 e. The van der Waals surface area contributed by atoms with E-state index in [9.17, 15) is 0 Å². The zero-order valence-corrected chi connectivity index (χ0v) is 25.7. The number of fused-ring (bicyclic) bond motifs is 11. The Balaban J connectivity index is 1.21. The van der Waals surface area contributed by atoms with E-state index >= 15 is 0 Å². The van der Waals surface area contributed by atoms with Crippen LogP contribution in [0.2, 0.25) is 0 Å². The highest BCUT2D eigenvalue weighted by atomic mass is 16.5. The van der Waals surface area contributed by atoms with Crippen molar-refractivity contribution in [1.82, 2.24) is 0 Å². The van der Waals surface area contributed by atoms with Crippen LogP contribution in [-0.2, 0) is 10.8 Å². The summed E-state index contributed by atoms with van der Waals surface area (Å²) in [6.07, 6.45) is 5.44. The van der Waals surface area contributed by atoms with E-state index in [1.807, 2.05) is 0 Å². The molecule has 3 aliphatic carbocycles. The minimum Gasteiger partial charge on any atom is -0.457 e. The SMILES string of the molecule is CC1(c2ccccc2)C2=C(C=CCC2c2ccc3c(c2)-c2ccccc2C32c3ccccc3-c3ccccc32)Oc2ccccc21. The number of ether oxygens (including phenoxy) is 1. The molecule has 0 saturated heterocycles. The Morgan fingerprint density at radius 3 is 1.76 bits per heavy atom. The van der Waals surface area contributed by atoms with Crippen LogP contribution in [0.1, 0.15) is 58.2 Å². The predicted octanol–water partition coefficient (Wildman–Crippen LogP) is 10.7. The molecule has 1 heterocycles. The topological polar surface area (TPSA) is 9.23 Å². The Hall–Kier alpha value is -5.40. The van der Waals surface area contributed by atoms with E-state index in [2.05, 4.69) is 165 Å². The van der Waals surface area contributed by atoms with Gasteiger partial charge in [0, 0.05) is 16.9 Å². The summed E-state index contributed by atoms with van der Waals surface area (Å²) >= 11 is 0. The van der Waals surface area contributed by atoms with Crippen molar-refractivity contribution in [2.45, 2.75) is 30.1 Å². The summed E-state index contributed by atoms with van der Waals surface area (Å²) in [6.45, 7) is 2.40. The van der Waals surface area contributed by atoms with E-state index < -0.39 is 0 Å². The van der Waals surface area contributed by atoms with Gasteiger partial charge in [-0.05, 0) is 86.7 Å². The Morgan fingerprint density at radius 1 is 0.543 bits per heavy atom. The van der Waals surface area contributed by atoms with Gasteiger partial charge in [0.2, 0.25) is 0 Å². The van der Waals surface area contributed by atoms with E-state index in [0.717, 1.165) is 17.9 Å². The van der Waals surface area contributed by atoms with Gasteiger partial charge in [-0.25, -0.2) is 0 Å². The second-order valence-corrected chi connectivity index (χ2v) is 13.2. The maximum Gasteiger partial charge on any atom is 0.131 e. The minimum absolute atomic E-state index is 0.177. The van der Waals surface area contributed by atoms with Crippen LogP contribution in [0.3, 0.4) is 0 Å². The molecule has 0 amide bonds. The molecule has 1 spiro atoms. The van der Waals surface area contributed by atoms with E-state index in [-0.39, 0.29) is 16.7 Å². The Kier molecular flexibility index (Phi) is 5.24. The number of allylic oxidation sites excluding steroid dienone is 3. The van der Waals surface area contributed by atoms with Crippen molar-refractivity contribution < 1.29 is 4.74 Å². The highest BCUT2D eigenvalue weighted by molar-refractivity contribution is 5.95. The summed E-state index contributed by atoms with van der Waals surface area (Å²) < 4.78 is 6.70. The summed E-state index contributed by atoms with van der Waals surface area (Å²) in [5.41, 5.74) is 15.4. The molecule has 1 nitrogen and oxygen atoms in total. The molecular formula is C45H32O. The number of para-hydroxylation sites is 1. The molecule has 46 heavy (non-hydrogen) atoms. The molecule has 6 aromatic carbocycles. The normalized spacial score (nSPS) is 20.7. The van der Waals surface area contributed by atoms with Gasteiger partial charge >= 0.3 is 0 Å². The zero-order valence-electron chi connectivity index (χ0n) is 25.7. The molecule has 6 aromatic rings. The average Bonchev–Trinajstić information content (AvgIpc) is 3.59. The molecule has 1 heteroatoms. The van der Waals surface area contributed by atoms with Gasteiger partial charge < -0.3 is 4.74 Å². The molecule has 0 aromatic heterocycles. The lowest BCUT2D eigenvalue weighted by molar-refractivity contribution is 0.372. The minimum atomic E-state index is -0.331. The smallest absolute Gasteiger partial charge is 0.131 e. The third-order valence-corrected chi connectivity index (χ3v) is 11.2. The van der Waals surface area contributed by atoms with Crippen molar-refractivity contribution in [1.29, 1.82) is 0 Å². The molecule has 218 valence electrons. The van der Waals surface area contributed by atoms with Crippen molar-refractivity contribution in [3.05, 3.63) is 208 Å². The highest BCUT2D eigenvalue weighted by Crippen LogP contribution is 2.63. The predicted molar refractivity (Wildman–Crippen MR) is 186 cm³/mol. The van der Waals surface area contributed by atoms with Crippen LogP contribution < -0.4 is 4.74 Å². The zero-order chi connectivity index (χ0) is 30.5. The van der Waals surface area contributed by atoms with E-state index in [4.69, 9.17) is 4.74 Å². The Bertz CT molecular complexity index is 2240. The quantitative estimate of drug-likeness (QED) is 0.195. The maximum atomic E-state index is 6.70. The third-order valence-electron chi connectivity index (χ3n) is 11.2. The fourth-order valence-corrected chi connectivity index (χ4v) is 9.33. The van der Waals surface area contributed by atoms with Crippen molar-refractivity contribution in [3.8, 4) is 28.0 Å². The van der Waals surface area contributed by atoms with Gasteiger partial charge in [-0.15, -0.1) is 0 Å². The summed E-state index contributed by atoms with van der Waals surface area (Å²) in [5, 5.41) is 0. The first-order valence-corrected chi connectivity index (χ1v) is 16.4. The first-order chi connectivity index (χ1) is 22.7. The molecule has 10 rings (SSSR count). The third kappa shape index (κ3) is 3.15. The van der Waals surface area contributed by atoms with Gasteiger partial charge in [0.15, 0.2) is 0 Å². The first kappa shape index (κ1) is 25.9. The van der Waals surface area contributed by atoms with Crippen molar-refractivity contribution in [2.24, 2.45) is 0 Å². The molecule has 0 radical (unpaired) electrons. The van der Waals surface area contributed by atoms with Crippen LogP contribution in [0.4, 0.5) is 0 Å². The summed E-state index contributed by atoms with van der Waals surface area (Å²) in [7, 11) is 0. The number of hydrogen-bond donors (Lipinski definition) is 0. The van der Waals surface area contributed by atoms with Gasteiger partial charge in [0.25, 0.3) is 0 Å². The van der Waals surface area contributed by atoms with Crippen LogP contribution in [0.15, 0.2) is 169 Å². The fraction of sp³-hybridized carbons (Fsp3) is 0.111. The standard InChI is InChI=1S/C45H32O/c1-44(30-14-3-2-4-15-30)40-23-11-12-24-41(40)46-42-25-13-19-31(43(42)44)29-26-27-39-35(28-29)34-18-7-10-22-38(34)45(39)36-20-8-5-16-32(36)33-17-6-9-21-37(33)45/h2-18,20-28,31H,19H2,1H3. The number of benzene rings is 6. The second kappa shape index (κ2) is 9.31. The Morgan fingerprint density at radius 2 is 1.09 bits per heavy atom. The van der Waals surface area contributed by atoms with Crippen LogP contribution in [0, 0.1) is 0 Å². The van der Waals surface area contributed by atoms with Gasteiger partial charge in [-0.3, -0.25) is 0 Å². The molecular weight excluding hydrogens is 556 g/mol. The van der Waals surface area contributed by atoms with Crippen molar-refractivity contribution in [3.63, 3.8) is 0 Å². The van der Waals surface area contributed by atoms with Crippen LogP contribution in [0.25, 0.3) is 22.3 Å². The molecule has 0 N–H and O–H groups in total. The molecule has 2 unspecified atom stereocenters. The molecule has 2 atom stereocenters. The number of hydrogen-bond acceptors (Lipinski definition) is 1. The lowest BCUT2D eigenvalue weighted by Crippen LogP contribution is -2.36. The summed E-state index contributed by atoms with van der Waals surface area (Å²) in [6, 6.07) is 54.1. The highest BCUT2D eigenvalue weighted by Gasteiger charge is 2.52. The lowest BCUT2D eigenvalue weighted by Gasteiger charge is -2.44. The molecule has 0 bridgehead atoms. The molecule has 0 fully saturated rings. The van der Waals surface area contributed by atoms with Crippen molar-refractivity contribution >= 4 is 0 Å². The van der Waals surface area contributed by atoms with Gasteiger partial charge in [-0.1, -0.05) is 146 Å². The summed E-state index contributed by atoms with van der Waals surface area (Å²) in [4.78, 5) is 0. The molecule has 0 saturated carbocycles. The summed E-state index contributed by atoms with van der Waals surface area (Å²) in [5.74, 6) is 2.11.